The van der Waals surface area contributed by atoms with Gasteiger partial charge >= 0.3 is 0 Å². The molecule has 0 aliphatic carbocycles. The summed E-state index contributed by atoms with van der Waals surface area (Å²) in [4.78, 5) is 0. The highest BCUT2D eigenvalue weighted by Gasteiger charge is 2.14. The van der Waals surface area contributed by atoms with Crippen LogP contribution >= 0.6 is 11.6 Å². The van der Waals surface area contributed by atoms with E-state index in [1.54, 1.807) is 4.68 Å². The number of aliphatic hydroxyl groups excluding tert-OH is 1. The van der Waals surface area contributed by atoms with Crippen LogP contribution in [0.4, 0.5) is 0 Å². The van der Waals surface area contributed by atoms with Crippen LogP contribution in [-0.2, 0) is 19.6 Å². The van der Waals surface area contributed by atoms with Gasteiger partial charge in [-0.2, -0.15) is 5.10 Å². The van der Waals surface area contributed by atoms with Gasteiger partial charge in [-0.15, -0.1) is 0 Å². The second-order valence-corrected chi connectivity index (χ2v) is 4.67. The summed E-state index contributed by atoms with van der Waals surface area (Å²) >= 11 is 6.25. The molecule has 18 heavy (non-hydrogen) atoms. The predicted octanol–water partition coefficient (Wildman–Crippen LogP) is 2.95. The van der Waals surface area contributed by atoms with Gasteiger partial charge in [-0.3, -0.25) is 0 Å². The number of aromatic nitrogens is 2. The van der Waals surface area contributed by atoms with Crippen molar-refractivity contribution in [2.24, 2.45) is 0 Å². The smallest absolute Gasteiger partial charge is 0.133 e. The second kappa shape index (κ2) is 5.55. The van der Waals surface area contributed by atoms with Crippen LogP contribution in [0, 0.1) is 6.92 Å². The summed E-state index contributed by atoms with van der Waals surface area (Å²) in [7, 11) is 0. The number of rotatable bonds is 4. The van der Waals surface area contributed by atoms with Crippen molar-refractivity contribution in [3.05, 3.63) is 51.8 Å². The molecule has 1 heterocycles. The van der Waals surface area contributed by atoms with E-state index in [4.69, 9.17) is 11.6 Å². The van der Waals surface area contributed by atoms with Crippen molar-refractivity contribution in [1.29, 1.82) is 0 Å². The van der Waals surface area contributed by atoms with Crippen molar-refractivity contribution in [2.75, 3.05) is 0 Å². The van der Waals surface area contributed by atoms with Crippen molar-refractivity contribution in [3.63, 3.8) is 0 Å². The van der Waals surface area contributed by atoms with E-state index < -0.39 is 0 Å². The van der Waals surface area contributed by atoms with Gasteiger partial charge < -0.3 is 5.11 Å². The lowest BCUT2D eigenvalue weighted by atomic mass is 10.1. The molecular formula is C14H17ClN2O. The summed E-state index contributed by atoms with van der Waals surface area (Å²) in [6.45, 7) is 4.66. The Labute approximate surface area is 112 Å². The van der Waals surface area contributed by atoms with E-state index in [1.165, 1.54) is 11.1 Å². The molecular weight excluding hydrogens is 248 g/mol. The number of hydrogen-bond acceptors (Lipinski definition) is 2. The monoisotopic (exact) mass is 264 g/mol. The largest absolute Gasteiger partial charge is 0.391 e. The SMILES string of the molecule is CCc1nn(Cc2ccccc2C)c(Cl)c1CO. The summed E-state index contributed by atoms with van der Waals surface area (Å²) < 4.78 is 1.76. The maximum absolute atomic E-state index is 9.33. The molecule has 1 aromatic heterocycles. The average Bonchev–Trinajstić information content (AvgIpc) is 2.68. The van der Waals surface area contributed by atoms with Gasteiger partial charge in [0.2, 0.25) is 0 Å². The summed E-state index contributed by atoms with van der Waals surface area (Å²) in [6, 6.07) is 8.16. The molecule has 0 radical (unpaired) electrons. The highest BCUT2D eigenvalue weighted by molar-refractivity contribution is 6.30. The van der Waals surface area contributed by atoms with E-state index in [9.17, 15) is 5.11 Å². The standard InChI is InChI=1S/C14H17ClN2O/c1-3-13-12(9-18)14(15)17(16-13)8-11-7-5-4-6-10(11)2/h4-7,18H,3,8-9H2,1-2H3. The fraction of sp³-hybridized carbons (Fsp3) is 0.357. The van der Waals surface area contributed by atoms with E-state index in [-0.39, 0.29) is 6.61 Å². The maximum Gasteiger partial charge on any atom is 0.133 e. The van der Waals surface area contributed by atoms with E-state index in [2.05, 4.69) is 24.2 Å². The minimum Gasteiger partial charge on any atom is -0.391 e. The highest BCUT2D eigenvalue weighted by Crippen LogP contribution is 2.22. The van der Waals surface area contributed by atoms with Crippen LogP contribution in [0.3, 0.4) is 0 Å². The van der Waals surface area contributed by atoms with Gasteiger partial charge in [-0.1, -0.05) is 42.8 Å². The van der Waals surface area contributed by atoms with Crippen LogP contribution in [0.5, 0.6) is 0 Å². The van der Waals surface area contributed by atoms with Gasteiger partial charge in [0.15, 0.2) is 0 Å². The topological polar surface area (TPSA) is 38.0 Å². The third kappa shape index (κ3) is 2.42. The summed E-state index contributed by atoms with van der Waals surface area (Å²) in [5.41, 5.74) is 4.02. The van der Waals surface area contributed by atoms with Crippen LogP contribution < -0.4 is 0 Å². The Balaban J connectivity index is 2.35. The fourth-order valence-electron chi connectivity index (χ4n) is 2.02. The zero-order valence-corrected chi connectivity index (χ0v) is 11.4. The number of halogens is 1. The quantitative estimate of drug-likeness (QED) is 0.922. The van der Waals surface area contributed by atoms with Crippen LogP contribution in [0.2, 0.25) is 5.15 Å². The van der Waals surface area contributed by atoms with Gasteiger partial charge in [0, 0.05) is 5.56 Å². The van der Waals surface area contributed by atoms with E-state index in [1.807, 2.05) is 19.1 Å². The molecule has 2 aromatic rings. The van der Waals surface area contributed by atoms with Crippen LogP contribution in [0.1, 0.15) is 29.3 Å². The predicted molar refractivity (Wildman–Crippen MR) is 72.8 cm³/mol. The minimum atomic E-state index is -0.0597. The van der Waals surface area contributed by atoms with E-state index in [0.29, 0.717) is 11.7 Å². The Morgan fingerprint density at radius 3 is 2.61 bits per heavy atom. The Bertz CT molecular complexity index is 549. The molecule has 3 nitrogen and oxygen atoms in total. The van der Waals surface area contributed by atoms with Crippen molar-refractivity contribution in [2.45, 2.75) is 33.4 Å². The summed E-state index contributed by atoms with van der Waals surface area (Å²) in [6.07, 6.45) is 0.774. The second-order valence-electron chi connectivity index (χ2n) is 4.31. The van der Waals surface area contributed by atoms with Crippen LogP contribution in [0.15, 0.2) is 24.3 Å². The summed E-state index contributed by atoms with van der Waals surface area (Å²) in [5.74, 6) is 0. The Morgan fingerprint density at radius 2 is 2.06 bits per heavy atom. The van der Waals surface area contributed by atoms with Gasteiger partial charge in [0.1, 0.15) is 5.15 Å². The maximum atomic E-state index is 9.33. The Morgan fingerprint density at radius 1 is 1.33 bits per heavy atom. The first-order chi connectivity index (χ1) is 8.67. The summed E-state index contributed by atoms with van der Waals surface area (Å²) in [5, 5.41) is 14.3. The molecule has 0 unspecified atom stereocenters. The third-order valence-corrected chi connectivity index (χ3v) is 3.56. The number of aryl methyl sites for hydroxylation is 2. The van der Waals surface area contributed by atoms with Crippen LogP contribution in [0.25, 0.3) is 0 Å². The molecule has 1 aromatic carbocycles. The van der Waals surface area contributed by atoms with Crippen molar-refractivity contribution < 1.29 is 5.11 Å². The lowest BCUT2D eigenvalue weighted by Crippen LogP contribution is -2.04. The molecule has 0 spiro atoms. The van der Waals surface area contributed by atoms with Crippen molar-refractivity contribution in [1.82, 2.24) is 9.78 Å². The van der Waals surface area contributed by atoms with Crippen LogP contribution in [-0.4, -0.2) is 14.9 Å². The van der Waals surface area contributed by atoms with Gasteiger partial charge in [0.05, 0.1) is 18.8 Å². The number of aliphatic hydroxyl groups is 1. The molecule has 0 aliphatic heterocycles. The lowest BCUT2D eigenvalue weighted by molar-refractivity contribution is 0.280. The molecule has 96 valence electrons. The Hall–Kier alpha value is -1.32. The molecule has 0 saturated heterocycles. The van der Waals surface area contributed by atoms with Gasteiger partial charge in [-0.05, 0) is 24.5 Å². The molecule has 0 saturated carbocycles. The number of benzene rings is 1. The molecule has 0 atom stereocenters. The molecule has 0 amide bonds. The average molecular weight is 265 g/mol. The van der Waals surface area contributed by atoms with E-state index in [0.717, 1.165) is 17.7 Å². The zero-order valence-electron chi connectivity index (χ0n) is 10.7. The molecule has 4 heteroatoms. The molecule has 0 fully saturated rings. The van der Waals surface area contributed by atoms with Gasteiger partial charge in [0.25, 0.3) is 0 Å². The normalized spacial score (nSPS) is 10.9. The zero-order chi connectivity index (χ0) is 13.1. The first-order valence-corrected chi connectivity index (χ1v) is 6.44. The third-order valence-electron chi connectivity index (χ3n) is 3.14. The number of hydrogen-bond donors (Lipinski definition) is 1. The van der Waals surface area contributed by atoms with Gasteiger partial charge in [-0.25, -0.2) is 4.68 Å². The lowest BCUT2D eigenvalue weighted by Gasteiger charge is -2.06. The molecule has 1 N–H and O–H groups in total. The Kier molecular flexibility index (Phi) is 4.04. The highest BCUT2D eigenvalue weighted by atomic mass is 35.5. The van der Waals surface area contributed by atoms with E-state index >= 15 is 0 Å². The molecule has 0 aliphatic rings. The minimum absolute atomic E-state index is 0.0597. The number of nitrogens with zero attached hydrogens (tertiary/aromatic N) is 2. The van der Waals surface area contributed by atoms with Crippen molar-refractivity contribution >= 4 is 11.6 Å². The first-order valence-electron chi connectivity index (χ1n) is 6.06. The first kappa shape index (κ1) is 13.1. The van der Waals surface area contributed by atoms with Crippen molar-refractivity contribution in [3.8, 4) is 0 Å². The fourth-order valence-corrected chi connectivity index (χ4v) is 2.29. The molecule has 0 bridgehead atoms. The molecule has 2 rings (SSSR count).